The van der Waals surface area contributed by atoms with Gasteiger partial charge in [0.2, 0.25) is 11.8 Å². The first-order chi connectivity index (χ1) is 7.93. The first-order valence-electron chi connectivity index (χ1n) is 5.33. The molecule has 2 amide bonds. The fraction of sp³-hybridized carbons (Fsp3) is 0.417. The molecule has 0 aromatic carbocycles. The van der Waals surface area contributed by atoms with E-state index < -0.39 is 5.97 Å². The predicted molar refractivity (Wildman–Crippen MR) is 61.0 cm³/mol. The van der Waals surface area contributed by atoms with Crippen molar-refractivity contribution in [3.63, 3.8) is 0 Å². The van der Waals surface area contributed by atoms with Crippen LogP contribution >= 0.6 is 0 Å². The third kappa shape index (κ3) is 3.27. The molecule has 2 N–H and O–H groups in total. The quantitative estimate of drug-likeness (QED) is 0.402. The van der Waals surface area contributed by atoms with Gasteiger partial charge in [-0.05, 0) is 19.8 Å². The number of hydrogen-bond donors (Lipinski definition) is 2. The van der Waals surface area contributed by atoms with Crippen molar-refractivity contribution in [2.24, 2.45) is 11.8 Å². The van der Waals surface area contributed by atoms with E-state index in [2.05, 4.69) is 11.9 Å². The second kappa shape index (κ2) is 5.43. The number of carboxylic acid groups (broad SMARTS) is 1. The maximum absolute atomic E-state index is 11.1. The maximum Gasteiger partial charge on any atom is 0.330 e. The van der Waals surface area contributed by atoms with Crippen LogP contribution in [0.15, 0.2) is 24.3 Å². The molecule has 0 radical (unpaired) electrons. The van der Waals surface area contributed by atoms with Gasteiger partial charge in [0.25, 0.3) is 0 Å². The number of hydrogen-bond acceptors (Lipinski definition) is 3. The summed E-state index contributed by atoms with van der Waals surface area (Å²) >= 11 is 0. The highest BCUT2D eigenvalue weighted by atomic mass is 16.4. The lowest BCUT2D eigenvalue weighted by molar-refractivity contribution is -0.132. The molecule has 0 aromatic rings. The van der Waals surface area contributed by atoms with E-state index in [1.165, 1.54) is 6.92 Å². The summed E-state index contributed by atoms with van der Waals surface area (Å²) in [7, 11) is 0. The lowest BCUT2D eigenvalue weighted by Crippen LogP contribution is -2.21. The zero-order valence-corrected chi connectivity index (χ0v) is 9.60. The molecule has 0 saturated carbocycles. The Hall–Kier alpha value is -1.91. The molecule has 0 bridgehead atoms. The zero-order valence-electron chi connectivity index (χ0n) is 9.60. The lowest BCUT2D eigenvalue weighted by atomic mass is 9.86. The van der Waals surface area contributed by atoms with Gasteiger partial charge in [-0.2, -0.15) is 0 Å². The van der Waals surface area contributed by atoms with Gasteiger partial charge in [0.05, 0.1) is 11.8 Å². The Labute approximate surface area is 99.2 Å². The molecule has 2 aliphatic rings. The fourth-order valence-electron chi connectivity index (χ4n) is 1.69. The number of carbonyl (C=O) groups is 3. The van der Waals surface area contributed by atoms with Gasteiger partial charge in [0, 0.05) is 5.57 Å². The van der Waals surface area contributed by atoms with Crippen LogP contribution < -0.4 is 5.32 Å². The van der Waals surface area contributed by atoms with Crippen LogP contribution in [0.3, 0.4) is 0 Å². The third-order valence-electron chi connectivity index (χ3n) is 2.67. The second-order valence-electron chi connectivity index (χ2n) is 4.08. The van der Waals surface area contributed by atoms with Crippen molar-refractivity contribution in [1.82, 2.24) is 5.32 Å². The number of allylic oxidation sites excluding steroid dienone is 1. The Bertz CT molecular complexity index is 385. The lowest BCUT2D eigenvalue weighted by Gasteiger charge is -2.14. The molecule has 1 fully saturated rings. The molecule has 1 aliphatic carbocycles. The summed E-state index contributed by atoms with van der Waals surface area (Å²) in [5.41, 5.74) is 0.176. The van der Waals surface area contributed by atoms with Crippen molar-refractivity contribution < 1.29 is 19.5 Å². The minimum Gasteiger partial charge on any atom is -0.478 e. The number of amides is 2. The summed E-state index contributed by atoms with van der Waals surface area (Å²) < 4.78 is 0. The molecule has 0 aromatic heterocycles. The van der Waals surface area contributed by atoms with Crippen LogP contribution in [-0.2, 0) is 14.4 Å². The molecular weight excluding hydrogens is 222 g/mol. The summed E-state index contributed by atoms with van der Waals surface area (Å²) in [4.78, 5) is 31.7. The number of rotatable bonds is 1. The number of carbonyl (C=O) groups excluding carboxylic acids is 2. The van der Waals surface area contributed by atoms with Crippen LogP contribution in [-0.4, -0.2) is 22.9 Å². The highest BCUT2D eigenvalue weighted by molar-refractivity contribution is 6.06. The second-order valence-corrected chi connectivity index (χ2v) is 4.08. The number of fused-ring (bicyclic) bond motifs is 1. The summed E-state index contributed by atoms with van der Waals surface area (Å²) in [5.74, 6) is -1.40. The first kappa shape index (κ1) is 13.2. The molecule has 17 heavy (non-hydrogen) atoms. The minimum absolute atomic E-state index is 0.0764. The van der Waals surface area contributed by atoms with E-state index in [1.54, 1.807) is 0 Å². The fourth-order valence-corrected chi connectivity index (χ4v) is 1.69. The van der Waals surface area contributed by atoms with Crippen molar-refractivity contribution in [2.75, 3.05) is 0 Å². The summed E-state index contributed by atoms with van der Waals surface area (Å²) in [5, 5.41) is 10.2. The zero-order chi connectivity index (χ0) is 13.0. The maximum atomic E-state index is 11.1. The molecule has 2 rings (SSSR count). The molecule has 1 heterocycles. The van der Waals surface area contributed by atoms with Crippen LogP contribution in [0, 0.1) is 11.8 Å². The minimum atomic E-state index is -0.935. The Morgan fingerprint density at radius 3 is 2.53 bits per heavy atom. The number of carboxylic acids is 1. The number of imide groups is 1. The topological polar surface area (TPSA) is 83.5 Å². The molecule has 2 atom stereocenters. The Morgan fingerprint density at radius 1 is 1.47 bits per heavy atom. The van der Waals surface area contributed by atoms with Crippen LogP contribution in [0.4, 0.5) is 0 Å². The van der Waals surface area contributed by atoms with Gasteiger partial charge in [0.1, 0.15) is 0 Å². The van der Waals surface area contributed by atoms with Gasteiger partial charge < -0.3 is 5.11 Å². The van der Waals surface area contributed by atoms with Gasteiger partial charge in [-0.25, -0.2) is 4.79 Å². The number of nitrogens with one attached hydrogen (secondary N) is 1. The van der Waals surface area contributed by atoms with E-state index >= 15 is 0 Å². The molecule has 0 spiro atoms. The average molecular weight is 237 g/mol. The van der Waals surface area contributed by atoms with Crippen LogP contribution in [0.1, 0.15) is 19.8 Å². The molecular formula is C12H15NO4. The van der Waals surface area contributed by atoms with Gasteiger partial charge in [-0.3, -0.25) is 14.9 Å². The van der Waals surface area contributed by atoms with Gasteiger partial charge >= 0.3 is 5.97 Å². The number of aliphatic carboxylic acids is 1. The van der Waals surface area contributed by atoms with Gasteiger partial charge in [-0.15, -0.1) is 0 Å². The highest BCUT2D eigenvalue weighted by Crippen LogP contribution is 2.28. The van der Waals surface area contributed by atoms with Crippen LogP contribution in [0.2, 0.25) is 0 Å². The van der Waals surface area contributed by atoms with E-state index in [9.17, 15) is 14.4 Å². The Balaban J connectivity index is 0.000000209. The molecule has 5 nitrogen and oxygen atoms in total. The molecule has 92 valence electrons. The normalized spacial score (nSPS) is 25.5. The SMILES string of the molecule is C=C(C)C(=O)O.O=C1NC(=O)C2CCC=CC12. The average Bonchev–Trinajstić information content (AvgIpc) is 2.56. The van der Waals surface area contributed by atoms with E-state index in [4.69, 9.17) is 5.11 Å². The van der Waals surface area contributed by atoms with E-state index in [-0.39, 0.29) is 29.2 Å². The molecule has 2 unspecified atom stereocenters. The van der Waals surface area contributed by atoms with Crippen molar-refractivity contribution in [3.05, 3.63) is 24.3 Å². The van der Waals surface area contributed by atoms with E-state index in [0.717, 1.165) is 12.8 Å². The van der Waals surface area contributed by atoms with Crippen molar-refractivity contribution in [2.45, 2.75) is 19.8 Å². The van der Waals surface area contributed by atoms with Crippen molar-refractivity contribution in [1.29, 1.82) is 0 Å². The summed E-state index contributed by atoms with van der Waals surface area (Å²) in [6, 6.07) is 0. The van der Waals surface area contributed by atoms with Crippen LogP contribution in [0.25, 0.3) is 0 Å². The van der Waals surface area contributed by atoms with E-state index in [1.807, 2.05) is 12.2 Å². The molecule has 5 heteroatoms. The monoisotopic (exact) mass is 237 g/mol. The van der Waals surface area contributed by atoms with Crippen molar-refractivity contribution in [3.8, 4) is 0 Å². The van der Waals surface area contributed by atoms with Gasteiger partial charge in [-0.1, -0.05) is 18.7 Å². The standard InChI is InChI=1S/C8H9NO2.C4H6O2/c10-7-5-3-1-2-4-6(5)8(11)9-7;1-3(2)4(5)6/h1,3,5-6H,2,4H2,(H,9,10,11);1H2,2H3,(H,5,6). The summed E-state index contributed by atoms with van der Waals surface area (Å²) in [6.45, 7) is 4.60. The Morgan fingerprint density at radius 2 is 2.06 bits per heavy atom. The smallest absolute Gasteiger partial charge is 0.330 e. The molecule has 1 saturated heterocycles. The van der Waals surface area contributed by atoms with Gasteiger partial charge in [0.15, 0.2) is 0 Å². The van der Waals surface area contributed by atoms with Crippen LogP contribution in [0.5, 0.6) is 0 Å². The summed E-state index contributed by atoms with van der Waals surface area (Å²) in [6.07, 6.45) is 5.55. The highest BCUT2D eigenvalue weighted by Gasteiger charge is 2.40. The Kier molecular flexibility index (Phi) is 4.20. The van der Waals surface area contributed by atoms with Crippen molar-refractivity contribution >= 4 is 17.8 Å². The molecule has 1 aliphatic heterocycles. The largest absolute Gasteiger partial charge is 0.478 e. The third-order valence-corrected chi connectivity index (χ3v) is 2.67. The predicted octanol–water partition coefficient (Wildman–Crippen LogP) is 0.872. The first-order valence-corrected chi connectivity index (χ1v) is 5.33. The van der Waals surface area contributed by atoms with E-state index in [0.29, 0.717) is 0 Å².